The maximum Gasteiger partial charge on any atom is 0.338 e. The zero-order valence-corrected chi connectivity index (χ0v) is 15.1. The normalized spacial score (nSPS) is 14.1. The second-order valence-corrected chi connectivity index (χ2v) is 6.37. The van der Waals surface area contributed by atoms with Gasteiger partial charge in [0.2, 0.25) is 0 Å². The average molecular weight is 392 g/mol. The van der Waals surface area contributed by atoms with Crippen molar-refractivity contribution in [3.05, 3.63) is 52.9 Å². The van der Waals surface area contributed by atoms with Gasteiger partial charge in [-0.1, -0.05) is 11.6 Å². The predicted octanol–water partition coefficient (Wildman–Crippen LogP) is 1.66. The summed E-state index contributed by atoms with van der Waals surface area (Å²) >= 11 is 5.81. The molecule has 2 aromatic rings. The smallest absolute Gasteiger partial charge is 0.338 e. The summed E-state index contributed by atoms with van der Waals surface area (Å²) in [7, 11) is 0. The Morgan fingerprint density at radius 1 is 1.11 bits per heavy atom. The predicted molar refractivity (Wildman–Crippen MR) is 97.3 cm³/mol. The largest absolute Gasteiger partial charge is 0.459 e. The van der Waals surface area contributed by atoms with Gasteiger partial charge in [-0.2, -0.15) is 0 Å². The molecule has 0 aliphatic carbocycles. The standard InChI is InChI=1S/C18H18ClN3O5/c19-13-4-3-12(10-14(13)20)18(25)27-11-16(23)21-5-7-22(8-6-21)17(24)15-2-1-9-26-15/h1-4,9-10H,5-8,11,20H2. The van der Waals surface area contributed by atoms with E-state index in [-0.39, 0.29) is 35.4 Å². The van der Waals surface area contributed by atoms with Crippen molar-refractivity contribution in [2.45, 2.75) is 0 Å². The third kappa shape index (κ3) is 4.40. The average Bonchev–Trinajstić information content (AvgIpc) is 3.22. The fraction of sp³-hybridized carbons (Fsp3) is 0.278. The molecule has 0 saturated carbocycles. The highest BCUT2D eigenvalue weighted by Crippen LogP contribution is 2.20. The summed E-state index contributed by atoms with van der Waals surface area (Å²) in [5.41, 5.74) is 6.13. The molecule has 0 bridgehead atoms. The lowest BCUT2D eigenvalue weighted by Crippen LogP contribution is -2.51. The van der Waals surface area contributed by atoms with Gasteiger partial charge in [0, 0.05) is 26.2 Å². The van der Waals surface area contributed by atoms with Gasteiger partial charge in [0.05, 0.1) is 22.5 Å². The molecule has 3 rings (SSSR count). The molecule has 1 aliphatic rings. The highest BCUT2D eigenvalue weighted by molar-refractivity contribution is 6.33. The highest BCUT2D eigenvalue weighted by atomic mass is 35.5. The molecular weight excluding hydrogens is 374 g/mol. The zero-order chi connectivity index (χ0) is 19.4. The maximum absolute atomic E-state index is 12.2. The second-order valence-electron chi connectivity index (χ2n) is 5.96. The fourth-order valence-electron chi connectivity index (χ4n) is 2.69. The van der Waals surface area contributed by atoms with Gasteiger partial charge in [0.1, 0.15) is 0 Å². The summed E-state index contributed by atoms with van der Waals surface area (Å²) < 4.78 is 10.1. The Bertz CT molecular complexity index is 845. The minimum Gasteiger partial charge on any atom is -0.459 e. The molecule has 0 atom stereocenters. The van der Waals surface area contributed by atoms with Crippen molar-refractivity contribution in [1.82, 2.24) is 9.80 Å². The topological polar surface area (TPSA) is 106 Å². The van der Waals surface area contributed by atoms with Crippen molar-refractivity contribution in [2.24, 2.45) is 0 Å². The molecule has 0 spiro atoms. The number of furan rings is 1. The third-order valence-electron chi connectivity index (χ3n) is 4.21. The molecule has 1 aliphatic heterocycles. The Morgan fingerprint density at radius 2 is 1.81 bits per heavy atom. The molecular formula is C18H18ClN3O5. The molecule has 8 nitrogen and oxygen atoms in total. The number of piperazine rings is 1. The van der Waals surface area contributed by atoms with Crippen LogP contribution in [0.15, 0.2) is 41.0 Å². The van der Waals surface area contributed by atoms with Gasteiger partial charge >= 0.3 is 5.97 Å². The Kier molecular flexibility index (Phi) is 5.66. The van der Waals surface area contributed by atoms with Crippen molar-refractivity contribution < 1.29 is 23.5 Å². The highest BCUT2D eigenvalue weighted by Gasteiger charge is 2.26. The molecule has 1 aromatic heterocycles. The van der Waals surface area contributed by atoms with Crippen LogP contribution >= 0.6 is 11.6 Å². The number of nitrogen functional groups attached to an aromatic ring is 1. The number of hydrogen-bond acceptors (Lipinski definition) is 6. The Hall–Kier alpha value is -3.00. The van der Waals surface area contributed by atoms with E-state index in [1.165, 1.54) is 24.5 Å². The van der Waals surface area contributed by atoms with Gasteiger partial charge in [0.15, 0.2) is 12.4 Å². The van der Waals surface area contributed by atoms with E-state index in [4.69, 9.17) is 26.5 Å². The molecule has 2 heterocycles. The van der Waals surface area contributed by atoms with Crippen molar-refractivity contribution >= 4 is 35.1 Å². The van der Waals surface area contributed by atoms with Crippen LogP contribution in [0.1, 0.15) is 20.9 Å². The maximum atomic E-state index is 12.2. The van der Waals surface area contributed by atoms with E-state index in [0.29, 0.717) is 31.2 Å². The van der Waals surface area contributed by atoms with E-state index in [9.17, 15) is 14.4 Å². The fourth-order valence-corrected chi connectivity index (χ4v) is 2.81. The van der Waals surface area contributed by atoms with E-state index in [1.807, 2.05) is 0 Å². The quantitative estimate of drug-likeness (QED) is 0.627. The van der Waals surface area contributed by atoms with Gasteiger partial charge in [0.25, 0.3) is 11.8 Å². The first-order valence-corrected chi connectivity index (χ1v) is 8.66. The number of nitrogens with zero attached hydrogens (tertiary/aromatic N) is 2. The lowest BCUT2D eigenvalue weighted by molar-refractivity contribution is -0.136. The van der Waals surface area contributed by atoms with Gasteiger partial charge in [-0.15, -0.1) is 0 Å². The molecule has 9 heteroatoms. The summed E-state index contributed by atoms with van der Waals surface area (Å²) in [6.45, 7) is 1.10. The van der Waals surface area contributed by atoms with Crippen LogP contribution in [0, 0.1) is 0 Å². The van der Waals surface area contributed by atoms with Gasteiger partial charge in [-0.25, -0.2) is 4.79 Å². The molecule has 2 N–H and O–H groups in total. The van der Waals surface area contributed by atoms with Crippen LogP contribution in [-0.4, -0.2) is 60.4 Å². The van der Waals surface area contributed by atoms with Gasteiger partial charge in [-0.3, -0.25) is 9.59 Å². The van der Waals surface area contributed by atoms with Crippen LogP contribution in [0.2, 0.25) is 5.02 Å². The monoisotopic (exact) mass is 391 g/mol. The van der Waals surface area contributed by atoms with Gasteiger partial charge in [-0.05, 0) is 30.3 Å². The SMILES string of the molecule is Nc1cc(C(=O)OCC(=O)N2CCN(C(=O)c3ccco3)CC2)ccc1Cl. The molecule has 142 valence electrons. The molecule has 1 aromatic carbocycles. The molecule has 27 heavy (non-hydrogen) atoms. The van der Waals surface area contributed by atoms with Crippen molar-refractivity contribution in [3.63, 3.8) is 0 Å². The lowest BCUT2D eigenvalue weighted by Gasteiger charge is -2.34. The number of benzene rings is 1. The number of halogens is 1. The molecule has 0 radical (unpaired) electrons. The van der Waals surface area contributed by atoms with Crippen molar-refractivity contribution in [1.29, 1.82) is 0 Å². The minimum atomic E-state index is -0.654. The molecule has 1 fully saturated rings. The van der Waals surface area contributed by atoms with Crippen LogP contribution < -0.4 is 5.73 Å². The number of carbonyl (C=O) groups excluding carboxylic acids is 3. The van der Waals surface area contributed by atoms with E-state index in [0.717, 1.165) is 0 Å². The first-order chi connectivity index (χ1) is 13.0. The van der Waals surface area contributed by atoms with E-state index in [1.54, 1.807) is 21.9 Å². The third-order valence-corrected chi connectivity index (χ3v) is 4.55. The van der Waals surface area contributed by atoms with E-state index >= 15 is 0 Å². The summed E-state index contributed by atoms with van der Waals surface area (Å²) in [5, 5.41) is 0.338. The van der Waals surface area contributed by atoms with Gasteiger partial charge < -0.3 is 24.7 Å². The summed E-state index contributed by atoms with van der Waals surface area (Å²) in [5.74, 6) is -0.918. The first kappa shape index (κ1) is 18.8. The summed E-state index contributed by atoms with van der Waals surface area (Å²) in [4.78, 5) is 39.6. The van der Waals surface area contributed by atoms with Crippen LogP contribution in [-0.2, 0) is 9.53 Å². The minimum absolute atomic E-state index is 0.209. The lowest BCUT2D eigenvalue weighted by atomic mass is 10.2. The number of ether oxygens (including phenoxy) is 1. The number of nitrogens with two attached hydrogens (primary N) is 1. The van der Waals surface area contributed by atoms with Crippen molar-refractivity contribution in [3.8, 4) is 0 Å². The number of rotatable bonds is 4. The van der Waals surface area contributed by atoms with Crippen LogP contribution in [0.3, 0.4) is 0 Å². The molecule has 1 saturated heterocycles. The number of anilines is 1. The van der Waals surface area contributed by atoms with Crippen LogP contribution in [0.4, 0.5) is 5.69 Å². The summed E-state index contributed by atoms with van der Waals surface area (Å²) in [6.07, 6.45) is 1.44. The second kappa shape index (κ2) is 8.13. The number of carbonyl (C=O) groups is 3. The number of esters is 1. The molecule has 2 amide bonds. The zero-order valence-electron chi connectivity index (χ0n) is 14.4. The Morgan fingerprint density at radius 3 is 2.44 bits per heavy atom. The number of amides is 2. The Labute approximate surface area is 160 Å². The van der Waals surface area contributed by atoms with Crippen molar-refractivity contribution in [2.75, 3.05) is 38.5 Å². The van der Waals surface area contributed by atoms with Crippen LogP contribution in [0.5, 0.6) is 0 Å². The first-order valence-electron chi connectivity index (χ1n) is 8.28. The summed E-state index contributed by atoms with van der Waals surface area (Å²) in [6, 6.07) is 7.61. The molecule has 0 unspecified atom stereocenters. The van der Waals surface area contributed by atoms with E-state index < -0.39 is 5.97 Å². The van der Waals surface area contributed by atoms with E-state index in [2.05, 4.69) is 0 Å². The van der Waals surface area contributed by atoms with Crippen LogP contribution in [0.25, 0.3) is 0 Å². The Balaban J connectivity index is 1.47. The number of hydrogen-bond donors (Lipinski definition) is 1.